The van der Waals surface area contributed by atoms with E-state index in [4.69, 9.17) is 9.88 Å². The summed E-state index contributed by atoms with van der Waals surface area (Å²) in [5, 5.41) is 6.06. The number of fused-ring (bicyclic) bond motifs is 1. The van der Waals surface area contributed by atoms with Gasteiger partial charge in [-0.25, -0.2) is 13.6 Å². The van der Waals surface area contributed by atoms with E-state index in [0.717, 1.165) is 32.7 Å². The van der Waals surface area contributed by atoms with Crippen LogP contribution in [0.25, 0.3) is 21.3 Å². The molecule has 0 saturated carbocycles. The molecule has 3 aromatic rings. The van der Waals surface area contributed by atoms with Crippen molar-refractivity contribution in [3.63, 3.8) is 0 Å². The number of methoxy groups -OCH3 is 1. The van der Waals surface area contributed by atoms with Crippen molar-refractivity contribution in [1.82, 2.24) is 4.98 Å². The van der Waals surface area contributed by atoms with Crippen LogP contribution in [0.4, 0.5) is 0 Å². The van der Waals surface area contributed by atoms with Gasteiger partial charge >= 0.3 is 0 Å². The minimum Gasteiger partial charge on any atom is -0.494 e. The third-order valence-electron chi connectivity index (χ3n) is 3.08. The molecule has 2 heterocycles. The molecule has 2 N–H and O–H groups in total. The number of pyridine rings is 1. The summed E-state index contributed by atoms with van der Waals surface area (Å²) in [7, 11) is -2.09. The molecule has 108 valence electrons. The molecule has 5 nitrogen and oxygen atoms in total. The largest absolute Gasteiger partial charge is 0.494 e. The average Bonchev–Trinajstić information content (AvgIpc) is 2.96. The molecule has 0 amide bonds. The maximum absolute atomic E-state index is 11.4. The van der Waals surface area contributed by atoms with Crippen LogP contribution in [0.15, 0.2) is 46.8 Å². The van der Waals surface area contributed by atoms with Crippen LogP contribution < -0.4 is 9.88 Å². The third-order valence-corrected chi connectivity index (χ3v) is 5.64. The number of nitrogens with two attached hydrogens (primary N) is 1. The lowest BCUT2D eigenvalue weighted by atomic mass is 10.1. The predicted octanol–water partition coefficient (Wildman–Crippen LogP) is 2.62. The van der Waals surface area contributed by atoms with Crippen molar-refractivity contribution in [2.75, 3.05) is 7.11 Å². The number of nitrogens with zero attached hydrogens (tertiary/aromatic N) is 1. The predicted molar refractivity (Wildman–Crippen MR) is 83.0 cm³/mol. The van der Waals surface area contributed by atoms with Gasteiger partial charge in [0.25, 0.3) is 0 Å². The van der Waals surface area contributed by atoms with Crippen LogP contribution in [0.1, 0.15) is 0 Å². The molecule has 0 aliphatic rings. The van der Waals surface area contributed by atoms with Gasteiger partial charge in [-0.05, 0) is 30.3 Å². The first-order valence-corrected chi connectivity index (χ1v) is 8.42. The Hall–Kier alpha value is -1.96. The number of aromatic nitrogens is 1. The van der Waals surface area contributed by atoms with Gasteiger partial charge in [-0.2, -0.15) is 0 Å². The van der Waals surface area contributed by atoms with Gasteiger partial charge in [-0.15, -0.1) is 11.3 Å². The van der Waals surface area contributed by atoms with E-state index < -0.39 is 10.0 Å². The SMILES string of the molecule is COc1ccc(-c2ccc(S(N)(=O)=O)s2)c2cccnc12. The van der Waals surface area contributed by atoms with Crippen LogP contribution >= 0.6 is 11.3 Å². The van der Waals surface area contributed by atoms with E-state index in [1.165, 1.54) is 6.07 Å². The van der Waals surface area contributed by atoms with E-state index in [0.29, 0.717) is 5.75 Å². The topological polar surface area (TPSA) is 82.3 Å². The van der Waals surface area contributed by atoms with Gasteiger partial charge in [-0.1, -0.05) is 6.07 Å². The summed E-state index contributed by atoms with van der Waals surface area (Å²) >= 11 is 1.14. The number of hydrogen-bond acceptors (Lipinski definition) is 5. The third kappa shape index (κ3) is 2.51. The van der Waals surface area contributed by atoms with Gasteiger partial charge in [0.05, 0.1) is 7.11 Å². The van der Waals surface area contributed by atoms with Crippen LogP contribution in [0.2, 0.25) is 0 Å². The lowest BCUT2D eigenvalue weighted by Gasteiger charge is -2.08. The lowest BCUT2D eigenvalue weighted by Crippen LogP contribution is -2.09. The number of hydrogen-bond donors (Lipinski definition) is 1. The number of sulfonamides is 1. The quantitative estimate of drug-likeness (QED) is 0.804. The summed E-state index contributed by atoms with van der Waals surface area (Å²) in [4.78, 5) is 5.15. The van der Waals surface area contributed by atoms with Crippen LogP contribution in [0.3, 0.4) is 0 Å². The maximum Gasteiger partial charge on any atom is 0.247 e. The summed E-state index contributed by atoms with van der Waals surface area (Å²) < 4.78 is 28.2. The number of benzene rings is 1. The van der Waals surface area contributed by atoms with E-state index in [9.17, 15) is 8.42 Å². The highest BCUT2D eigenvalue weighted by molar-refractivity contribution is 7.91. The van der Waals surface area contributed by atoms with Crippen molar-refractivity contribution in [3.8, 4) is 16.2 Å². The fourth-order valence-corrected chi connectivity index (χ4v) is 3.91. The molecule has 2 aromatic heterocycles. The Morgan fingerprint density at radius 1 is 1.19 bits per heavy atom. The van der Waals surface area contributed by atoms with E-state index in [2.05, 4.69) is 4.98 Å². The van der Waals surface area contributed by atoms with E-state index >= 15 is 0 Å². The second-order valence-electron chi connectivity index (χ2n) is 4.38. The Labute approximate surface area is 126 Å². The highest BCUT2D eigenvalue weighted by atomic mass is 32.2. The lowest BCUT2D eigenvalue weighted by molar-refractivity contribution is 0.419. The zero-order chi connectivity index (χ0) is 15.0. The molecular formula is C14H12N2O3S2. The van der Waals surface area contributed by atoms with Crippen LogP contribution in [-0.2, 0) is 10.0 Å². The molecule has 0 aliphatic carbocycles. The molecule has 0 spiro atoms. The van der Waals surface area contributed by atoms with E-state index in [1.807, 2.05) is 24.3 Å². The normalized spacial score (nSPS) is 11.7. The van der Waals surface area contributed by atoms with Crippen molar-refractivity contribution >= 4 is 32.3 Å². The molecule has 0 bridgehead atoms. The summed E-state index contributed by atoms with van der Waals surface area (Å²) in [6, 6.07) is 10.7. The van der Waals surface area contributed by atoms with Gasteiger partial charge in [0.1, 0.15) is 15.5 Å². The van der Waals surface area contributed by atoms with Crippen molar-refractivity contribution in [1.29, 1.82) is 0 Å². The molecule has 21 heavy (non-hydrogen) atoms. The number of rotatable bonds is 3. The van der Waals surface area contributed by atoms with Crippen molar-refractivity contribution in [2.45, 2.75) is 4.21 Å². The molecule has 0 saturated heterocycles. The molecule has 0 radical (unpaired) electrons. The first-order valence-electron chi connectivity index (χ1n) is 6.05. The zero-order valence-corrected chi connectivity index (χ0v) is 12.7. The van der Waals surface area contributed by atoms with Crippen LogP contribution in [0, 0.1) is 0 Å². The number of thiophene rings is 1. The molecular weight excluding hydrogens is 308 g/mol. The summed E-state index contributed by atoms with van der Waals surface area (Å²) in [5.41, 5.74) is 1.64. The van der Waals surface area contributed by atoms with Gasteiger partial charge < -0.3 is 4.74 Å². The molecule has 7 heteroatoms. The van der Waals surface area contributed by atoms with Crippen molar-refractivity contribution in [2.24, 2.45) is 5.14 Å². The minimum absolute atomic E-state index is 0.144. The standard InChI is InChI=1S/C14H12N2O3S2/c1-19-11-5-4-9(10-3-2-8-16-14(10)11)12-6-7-13(20-12)21(15,17)18/h2-8H,1H3,(H2,15,17,18). The van der Waals surface area contributed by atoms with Crippen molar-refractivity contribution < 1.29 is 13.2 Å². The molecule has 0 unspecified atom stereocenters. The van der Waals surface area contributed by atoms with Crippen molar-refractivity contribution in [3.05, 3.63) is 42.6 Å². The number of primary sulfonamides is 1. The smallest absolute Gasteiger partial charge is 0.247 e. The second-order valence-corrected chi connectivity index (χ2v) is 7.25. The van der Waals surface area contributed by atoms with Gasteiger partial charge in [0.2, 0.25) is 10.0 Å². The monoisotopic (exact) mass is 320 g/mol. The van der Waals surface area contributed by atoms with E-state index in [1.54, 1.807) is 19.4 Å². The molecule has 0 fully saturated rings. The Kier molecular flexibility index (Phi) is 3.40. The van der Waals surface area contributed by atoms with Gasteiger partial charge in [-0.3, -0.25) is 4.98 Å². The number of ether oxygens (including phenoxy) is 1. The fourth-order valence-electron chi connectivity index (χ4n) is 2.14. The summed E-state index contributed by atoms with van der Waals surface area (Å²) in [6.07, 6.45) is 1.69. The second kappa shape index (κ2) is 5.10. The fraction of sp³-hybridized carbons (Fsp3) is 0.0714. The van der Waals surface area contributed by atoms with Gasteiger partial charge in [0.15, 0.2) is 0 Å². The molecule has 0 atom stereocenters. The first-order chi connectivity index (χ1) is 10.0. The Morgan fingerprint density at radius 2 is 2.00 bits per heavy atom. The van der Waals surface area contributed by atoms with Crippen LogP contribution in [0.5, 0.6) is 5.75 Å². The van der Waals surface area contributed by atoms with Crippen LogP contribution in [-0.4, -0.2) is 20.5 Å². The molecule has 0 aliphatic heterocycles. The highest BCUT2D eigenvalue weighted by Crippen LogP contribution is 2.37. The Balaban J connectivity index is 2.24. The minimum atomic E-state index is -3.68. The Morgan fingerprint density at radius 3 is 2.67 bits per heavy atom. The zero-order valence-electron chi connectivity index (χ0n) is 11.1. The molecule has 3 rings (SSSR count). The van der Waals surface area contributed by atoms with Gasteiger partial charge in [0, 0.05) is 22.0 Å². The van der Waals surface area contributed by atoms with E-state index in [-0.39, 0.29) is 4.21 Å². The summed E-state index contributed by atoms with van der Waals surface area (Å²) in [5.74, 6) is 0.678. The highest BCUT2D eigenvalue weighted by Gasteiger charge is 2.15. The average molecular weight is 320 g/mol. The Bertz CT molecular complexity index is 917. The first kappa shape index (κ1) is 14.0. The maximum atomic E-state index is 11.4. The summed E-state index contributed by atoms with van der Waals surface area (Å²) in [6.45, 7) is 0. The molecule has 1 aromatic carbocycles.